The molecule has 39 heavy (non-hydrogen) atoms. The number of aliphatic hydroxyl groups excluding tert-OH is 2. The number of fused-ring (bicyclic) bond motifs is 3. The van der Waals surface area contributed by atoms with Crippen molar-refractivity contribution in [3.8, 4) is 5.75 Å². The number of halogens is 3. The molecule has 4 aliphatic rings. The number of alkyl halides is 2. The molecule has 1 amide bonds. The molecule has 1 aromatic rings. The van der Waals surface area contributed by atoms with Gasteiger partial charge in [-0.15, -0.1) is 0 Å². The Hall–Kier alpha value is -3.42. The van der Waals surface area contributed by atoms with Crippen molar-refractivity contribution in [2.45, 2.75) is 43.4 Å². The summed E-state index contributed by atoms with van der Waals surface area (Å²) in [4.78, 5) is 28.5. The Bertz CT molecular complexity index is 1390. The Morgan fingerprint density at radius 1 is 1.28 bits per heavy atom. The van der Waals surface area contributed by atoms with Gasteiger partial charge in [0.25, 0.3) is 11.8 Å². The number of carbonyl (C=O) groups is 2. The highest BCUT2D eigenvalue weighted by Crippen LogP contribution is 2.52. The number of hydrogen-bond donors (Lipinski definition) is 6. The molecule has 0 aromatic heterocycles. The maximum Gasteiger partial charge on any atom is 0.261 e. The number of ketones is 1. The summed E-state index contributed by atoms with van der Waals surface area (Å²) < 4.78 is 43.1. The molecule has 1 fully saturated rings. The number of amides is 1. The number of Topliss-reactive ketones (excluding diaryl/α,β-unsaturated/α-hetero) is 1. The highest BCUT2D eigenvalue weighted by Gasteiger charge is 2.61. The van der Waals surface area contributed by atoms with Crippen molar-refractivity contribution in [3.63, 3.8) is 0 Å². The van der Waals surface area contributed by atoms with E-state index < -0.39 is 87.6 Å². The molecule has 3 aliphatic carbocycles. The fourth-order valence-electron chi connectivity index (χ4n) is 6.70. The summed E-state index contributed by atoms with van der Waals surface area (Å²) in [6.45, 7) is -0.726. The summed E-state index contributed by atoms with van der Waals surface area (Å²) in [5.41, 5.74) is 0.281. The van der Waals surface area contributed by atoms with Gasteiger partial charge in [-0.05, 0) is 38.9 Å². The van der Waals surface area contributed by atoms with Gasteiger partial charge in [0, 0.05) is 42.1 Å². The van der Waals surface area contributed by atoms with Gasteiger partial charge in [-0.1, -0.05) is 0 Å². The van der Waals surface area contributed by atoms with E-state index in [9.17, 15) is 38.8 Å². The summed E-state index contributed by atoms with van der Waals surface area (Å²) in [6.07, 6.45) is -0.660. The Morgan fingerprint density at radius 3 is 2.51 bits per heavy atom. The van der Waals surface area contributed by atoms with Crippen LogP contribution in [0.4, 0.5) is 13.2 Å². The number of nitrogens with zero attached hydrogens (tertiary/aromatic N) is 2. The third kappa shape index (κ3) is 3.85. The number of allylic oxidation sites excluding steroid dienone is 1. The van der Waals surface area contributed by atoms with E-state index in [0.717, 1.165) is 6.07 Å². The van der Waals surface area contributed by atoms with E-state index in [0.29, 0.717) is 0 Å². The van der Waals surface area contributed by atoms with Gasteiger partial charge >= 0.3 is 0 Å². The Kier molecular flexibility index (Phi) is 6.13. The highest BCUT2D eigenvalue weighted by atomic mass is 19.3. The zero-order chi connectivity index (χ0) is 28.8. The van der Waals surface area contributed by atoms with Gasteiger partial charge in [0.1, 0.15) is 28.7 Å². The first-order chi connectivity index (χ1) is 18.1. The van der Waals surface area contributed by atoms with Crippen LogP contribution in [0, 0.1) is 23.1 Å². The summed E-state index contributed by atoms with van der Waals surface area (Å²) in [5, 5.41) is 53.1. The van der Waals surface area contributed by atoms with E-state index in [1.165, 1.54) is 9.80 Å². The molecule has 1 saturated heterocycles. The number of aromatic hydroxyl groups is 1. The lowest BCUT2D eigenvalue weighted by molar-refractivity contribution is -0.114. The van der Waals surface area contributed by atoms with E-state index in [2.05, 4.69) is 0 Å². The van der Waals surface area contributed by atoms with Crippen molar-refractivity contribution in [1.29, 1.82) is 5.41 Å². The van der Waals surface area contributed by atoms with Gasteiger partial charge < -0.3 is 31.6 Å². The normalized spacial score (nSPS) is 30.5. The predicted molar refractivity (Wildman–Crippen MR) is 131 cm³/mol. The molecular weight excluding hydrogens is 521 g/mol. The first kappa shape index (κ1) is 27.2. The Labute approximate surface area is 221 Å². The maximum absolute atomic E-state index is 15.7. The lowest BCUT2D eigenvalue weighted by Crippen LogP contribution is -2.63. The average Bonchev–Trinajstić information content (AvgIpc) is 3.17. The van der Waals surface area contributed by atoms with Crippen molar-refractivity contribution in [3.05, 3.63) is 51.2 Å². The van der Waals surface area contributed by atoms with Gasteiger partial charge in [-0.2, -0.15) is 0 Å². The fourth-order valence-corrected chi connectivity index (χ4v) is 6.70. The first-order valence-electron chi connectivity index (χ1n) is 12.4. The minimum Gasteiger partial charge on any atom is -0.510 e. The number of nitrogens with one attached hydrogen (secondary N) is 1. The molecule has 0 bridgehead atoms. The molecule has 1 aromatic carbocycles. The molecule has 210 valence electrons. The topological polar surface area (TPSA) is 171 Å². The number of likely N-dealkylation sites (N-methyl/N-ethyl adjacent to an activating group) is 1. The number of nitrogens with two attached hydrogens (primary N) is 1. The van der Waals surface area contributed by atoms with Crippen molar-refractivity contribution in [1.82, 2.24) is 9.80 Å². The second kappa shape index (κ2) is 8.80. The van der Waals surface area contributed by atoms with Crippen molar-refractivity contribution in [2.24, 2.45) is 17.6 Å². The molecule has 1 heterocycles. The van der Waals surface area contributed by atoms with Gasteiger partial charge in [-0.3, -0.25) is 19.4 Å². The summed E-state index contributed by atoms with van der Waals surface area (Å²) in [6, 6.07) is -0.0921. The van der Waals surface area contributed by atoms with Crippen LogP contribution in [-0.4, -0.2) is 92.4 Å². The quantitative estimate of drug-likeness (QED) is 0.328. The third-order valence-corrected chi connectivity index (χ3v) is 8.43. The molecule has 2 unspecified atom stereocenters. The molecule has 0 saturated carbocycles. The largest absolute Gasteiger partial charge is 0.510 e. The van der Waals surface area contributed by atoms with Crippen LogP contribution >= 0.6 is 0 Å². The molecule has 0 spiro atoms. The highest BCUT2D eigenvalue weighted by molar-refractivity contribution is 6.26. The van der Waals surface area contributed by atoms with Crippen LogP contribution < -0.4 is 5.73 Å². The lowest BCUT2D eigenvalue weighted by atomic mass is 9.58. The summed E-state index contributed by atoms with van der Waals surface area (Å²) in [5.74, 6) is -10.0. The summed E-state index contributed by atoms with van der Waals surface area (Å²) >= 11 is 0. The SMILES string of the molecule is CN(C)[C@@H]1C(O)=C(C(N)=O)C(=N)[C@@]2(O)C(O)=C3C(=O)c4c(O)cc(CN5CCC(F)(F)C5)c(F)c4CC3CC12. The second-order valence-corrected chi connectivity index (χ2v) is 11.0. The third-order valence-electron chi connectivity index (χ3n) is 8.43. The number of carbonyl (C=O) groups excluding carboxylic acids is 2. The van der Waals surface area contributed by atoms with Crippen molar-refractivity contribution in [2.75, 3.05) is 27.2 Å². The van der Waals surface area contributed by atoms with E-state index in [4.69, 9.17) is 11.1 Å². The molecule has 5 rings (SSSR count). The van der Waals surface area contributed by atoms with Crippen LogP contribution in [0.5, 0.6) is 5.75 Å². The minimum atomic E-state index is -2.90. The van der Waals surface area contributed by atoms with Crippen LogP contribution in [0.1, 0.15) is 34.3 Å². The number of phenols is 1. The number of benzene rings is 1. The van der Waals surface area contributed by atoms with Gasteiger partial charge in [0.2, 0.25) is 0 Å². The van der Waals surface area contributed by atoms with Crippen LogP contribution in [0.15, 0.2) is 28.7 Å². The Balaban J connectivity index is 1.61. The molecule has 4 atom stereocenters. The van der Waals surface area contributed by atoms with E-state index in [1.54, 1.807) is 14.1 Å². The average molecular weight is 551 g/mol. The molecule has 7 N–H and O–H groups in total. The number of hydrogen-bond acceptors (Lipinski definition) is 9. The van der Waals surface area contributed by atoms with E-state index in [-0.39, 0.29) is 49.1 Å². The van der Waals surface area contributed by atoms with Crippen LogP contribution in [-0.2, 0) is 17.8 Å². The van der Waals surface area contributed by atoms with Gasteiger partial charge in [0.05, 0.1) is 23.9 Å². The maximum atomic E-state index is 15.7. The molecular formula is C26H29F3N4O6. The number of primary amides is 1. The smallest absolute Gasteiger partial charge is 0.261 e. The number of aliphatic hydroxyl groups is 3. The zero-order valence-corrected chi connectivity index (χ0v) is 21.3. The minimum absolute atomic E-state index is 0.0368. The number of likely N-dealkylation sites (tertiary alicyclic amines) is 1. The molecule has 13 heteroatoms. The van der Waals surface area contributed by atoms with E-state index >= 15 is 4.39 Å². The molecule has 10 nitrogen and oxygen atoms in total. The van der Waals surface area contributed by atoms with Gasteiger partial charge in [0.15, 0.2) is 11.4 Å². The molecule has 1 aliphatic heterocycles. The monoisotopic (exact) mass is 550 g/mol. The van der Waals surface area contributed by atoms with Crippen molar-refractivity contribution >= 4 is 17.4 Å². The zero-order valence-electron chi connectivity index (χ0n) is 21.3. The second-order valence-electron chi connectivity index (χ2n) is 11.0. The predicted octanol–water partition coefficient (Wildman–Crippen LogP) is 1.55. The Morgan fingerprint density at radius 2 is 1.95 bits per heavy atom. The fraction of sp³-hybridized carbons (Fsp3) is 0.500. The van der Waals surface area contributed by atoms with Crippen LogP contribution in [0.2, 0.25) is 0 Å². The van der Waals surface area contributed by atoms with Gasteiger partial charge in [-0.25, -0.2) is 13.2 Å². The van der Waals surface area contributed by atoms with Crippen LogP contribution in [0.25, 0.3) is 0 Å². The van der Waals surface area contributed by atoms with E-state index in [1.807, 2.05) is 0 Å². The number of phenolic OH excluding ortho intramolecular Hbond substituents is 1. The first-order valence-corrected chi connectivity index (χ1v) is 12.4. The standard InChI is InChI=1S/C26H29F3N4O6/c1-32(2)19-13-6-10-5-12-16(14(34)7-11(18(12)27)8-33-4-3-25(28,29)9-33)20(35)15(10)23(37)26(13,39)22(30)17(21(19)36)24(31)38/h7,10,13,19,30,34,36-37,39H,3-6,8-9H2,1-2H3,(H2,31,38)/t10?,13?,19-,26+/m0/s1. The number of rotatable bonds is 4. The summed E-state index contributed by atoms with van der Waals surface area (Å²) in [7, 11) is 3.08. The van der Waals surface area contributed by atoms with Crippen LogP contribution in [0.3, 0.4) is 0 Å². The van der Waals surface area contributed by atoms with Crippen molar-refractivity contribution < 1.29 is 43.2 Å². The lowest BCUT2D eigenvalue weighted by Gasteiger charge is -2.51. The molecule has 0 radical (unpaired) electrons.